The third kappa shape index (κ3) is 10.2. The van der Waals surface area contributed by atoms with Crippen LogP contribution in [0.4, 0.5) is 4.79 Å². The third-order valence-electron chi connectivity index (χ3n) is 3.83. The molecular weight excluding hydrogens is 348 g/mol. The molecule has 1 rings (SSSR count). The van der Waals surface area contributed by atoms with E-state index in [1.165, 1.54) is 0 Å². The van der Waals surface area contributed by atoms with Gasteiger partial charge in [0.1, 0.15) is 12.6 Å². The number of esters is 1. The van der Waals surface area contributed by atoms with Crippen LogP contribution in [0.5, 0.6) is 0 Å². The van der Waals surface area contributed by atoms with E-state index in [2.05, 4.69) is 25.0 Å². The Morgan fingerprint density at radius 1 is 1.12 bits per heavy atom. The number of benzene rings is 1. The van der Waals surface area contributed by atoms with Gasteiger partial charge in [0.2, 0.25) is 0 Å². The van der Waals surface area contributed by atoms with Crippen molar-refractivity contribution in [2.24, 2.45) is 5.73 Å². The van der Waals surface area contributed by atoms with Crippen molar-refractivity contribution in [1.82, 2.24) is 5.32 Å². The number of rotatable bonds is 11. The minimum Gasteiger partial charge on any atom is -0.464 e. The zero-order chi connectivity index (χ0) is 19.4. The molecule has 1 atom stereocenters. The minimum atomic E-state index is -1.28. The van der Waals surface area contributed by atoms with E-state index in [1.54, 1.807) is 0 Å². The molecule has 0 aliphatic heterocycles. The highest BCUT2D eigenvalue weighted by molar-refractivity contribution is 6.76. The van der Waals surface area contributed by atoms with Crippen LogP contribution in [0.25, 0.3) is 0 Å². The van der Waals surface area contributed by atoms with Gasteiger partial charge in [-0.3, -0.25) is 0 Å². The molecule has 146 valence electrons. The summed E-state index contributed by atoms with van der Waals surface area (Å²) >= 11 is 0. The number of alkyl carbamates (subject to hydrolysis) is 1. The van der Waals surface area contributed by atoms with E-state index in [1.807, 2.05) is 30.3 Å². The lowest BCUT2D eigenvalue weighted by Gasteiger charge is -2.20. The molecule has 3 N–H and O–H groups in total. The second kappa shape index (κ2) is 11.7. The van der Waals surface area contributed by atoms with Gasteiger partial charge >= 0.3 is 12.1 Å². The van der Waals surface area contributed by atoms with E-state index in [-0.39, 0.29) is 6.61 Å². The van der Waals surface area contributed by atoms with Crippen molar-refractivity contribution in [3.63, 3.8) is 0 Å². The van der Waals surface area contributed by atoms with E-state index in [0.717, 1.165) is 24.4 Å². The van der Waals surface area contributed by atoms with Gasteiger partial charge in [-0.1, -0.05) is 50.0 Å². The summed E-state index contributed by atoms with van der Waals surface area (Å²) in [6.07, 6.45) is 1.40. The van der Waals surface area contributed by atoms with Gasteiger partial charge in [-0.05, 0) is 37.4 Å². The van der Waals surface area contributed by atoms with Crippen LogP contribution in [-0.4, -0.2) is 39.3 Å². The number of hydrogen-bond donors (Lipinski definition) is 2. The first-order valence-electron chi connectivity index (χ1n) is 9.16. The summed E-state index contributed by atoms with van der Waals surface area (Å²) in [5.41, 5.74) is 6.40. The van der Waals surface area contributed by atoms with E-state index in [4.69, 9.17) is 15.2 Å². The van der Waals surface area contributed by atoms with E-state index >= 15 is 0 Å². The molecule has 26 heavy (non-hydrogen) atoms. The molecule has 6 nitrogen and oxygen atoms in total. The smallest absolute Gasteiger partial charge is 0.408 e. The van der Waals surface area contributed by atoms with Crippen molar-refractivity contribution in [2.45, 2.75) is 57.6 Å². The predicted molar refractivity (Wildman–Crippen MR) is 106 cm³/mol. The molecule has 0 radical (unpaired) electrons. The molecule has 1 aromatic rings. The number of unbranched alkanes of at least 4 members (excludes halogenated alkanes) is 1. The molecule has 0 aliphatic carbocycles. The Kier molecular flexibility index (Phi) is 9.98. The van der Waals surface area contributed by atoms with Crippen LogP contribution in [0, 0.1) is 0 Å². The number of amides is 1. The van der Waals surface area contributed by atoms with Gasteiger partial charge in [0.25, 0.3) is 0 Å². The molecule has 0 spiro atoms. The van der Waals surface area contributed by atoms with Gasteiger partial charge in [-0.2, -0.15) is 0 Å². The average Bonchev–Trinajstić information content (AvgIpc) is 2.59. The average molecular weight is 381 g/mol. The number of carbonyl (C=O) groups excluding carboxylic acids is 2. The molecule has 0 aliphatic rings. The molecule has 0 saturated carbocycles. The first kappa shape index (κ1) is 22.2. The highest BCUT2D eigenvalue weighted by atomic mass is 28.3. The summed E-state index contributed by atoms with van der Waals surface area (Å²) in [6.45, 7) is 7.77. The fraction of sp³-hybridized carbons (Fsp3) is 0.579. The minimum absolute atomic E-state index is 0.160. The van der Waals surface area contributed by atoms with Crippen molar-refractivity contribution in [3.05, 3.63) is 35.9 Å². The fourth-order valence-electron chi connectivity index (χ4n) is 2.21. The standard InChI is InChI=1S/C19H32N2O4Si/c1-26(2,3)14-13-24-18(22)17(11-7-8-12-20)21-19(23)25-15-16-9-5-4-6-10-16/h4-6,9-10,17H,7-8,11-15,20H2,1-3H3,(H,21,23)/t17-/m0/s1. The van der Waals surface area contributed by atoms with E-state index < -0.39 is 26.2 Å². The van der Waals surface area contributed by atoms with Gasteiger partial charge in [0, 0.05) is 8.07 Å². The lowest BCUT2D eigenvalue weighted by atomic mass is 10.1. The summed E-state index contributed by atoms with van der Waals surface area (Å²) in [6, 6.07) is 9.59. The zero-order valence-electron chi connectivity index (χ0n) is 16.1. The van der Waals surface area contributed by atoms with Crippen LogP contribution in [0.2, 0.25) is 25.7 Å². The second-order valence-electron chi connectivity index (χ2n) is 7.52. The highest BCUT2D eigenvalue weighted by Crippen LogP contribution is 2.10. The van der Waals surface area contributed by atoms with Crippen molar-refractivity contribution in [2.75, 3.05) is 13.2 Å². The van der Waals surface area contributed by atoms with Crippen molar-refractivity contribution < 1.29 is 19.1 Å². The molecule has 7 heteroatoms. The van der Waals surface area contributed by atoms with Crippen molar-refractivity contribution in [3.8, 4) is 0 Å². The van der Waals surface area contributed by atoms with Gasteiger partial charge in [-0.15, -0.1) is 0 Å². The first-order valence-corrected chi connectivity index (χ1v) is 12.9. The lowest BCUT2D eigenvalue weighted by molar-refractivity contribution is -0.145. The largest absolute Gasteiger partial charge is 0.464 e. The van der Waals surface area contributed by atoms with Crippen molar-refractivity contribution in [1.29, 1.82) is 0 Å². The third-order valence-corrected chi connectivity index (χ3v) is 5.54. The molecule has 1 amide bonds. The van der Waals surface area contributed by atoms with Crippen LogP contribution < -0.4 is 11.1 Å². The maximum absolute atomic E-state index is 12.3. The Morgan fingerprint density at radius 2 is 1.81 bits per heavy atom. The van der Waals surface area contributed by atoms with Gasteiger partial charge in [0.05, 0.1) is 6.61 Å². The molecule has 0 fully saturated rings. The molecule has 0 saturated heterocycles. The van der Waals surface area contributed by atoms with Gasteiger partial charge < -0.3 is 20.5 Å². The lowest BCUT2D eigenvalue weighted by Crippen LogP contribution is -2.42. The molecule has 0 unspecified atom stereocenters. The van der Waals surface area contributed by atoms with E-state index in [0.29, 0.717) is 19.6 Å². The number of carbonyl (C=O) groups is 2. The molecule has 1 aromatic carbocycles. The number of hydrogen-bond acceptors (Lipinski definition) is 5. The second-order valence-corrected chi connectivity index (χ2v) is 13.1. The summed E-state index contributed by atoms with van der Waals surface area (Å²) in [4.78, 5) is 24.4. The fourth-order valence-corrected chi connectivity index (χ4v) is 2.92. The molecule has 0 heterocycles. The molecule has 0 bridgehead atoms. The number of nitrogens with two attached hydrogens (primary N) is 1. The van der Waals surface area contributed by atoms with Crippen LogP contribution in [0.15, 0.2) is 30.3 Å². The van der Waals surface area contributed by atoms with Gasteiger partial charge in [0.15, 0.2) is 0 Å². The van der Waals surface area contributed by atoms with E-state index in [9.17, 15) is 9.59 Å². The Bertz CT molecular complexity index is 546. The zero-order valence-corrected chi connectivity index (χ0v) is 17.1. The Hall–Kier alpha value is -1.86. The number of nitrogens with one attached hydrogen (secondary N) is 1. The molecular formula is C19H32N2O4Si. The van der Waals surface area contributed by atoms with Crippen LogP contribution in [0.3, 0.4) is 0 Å². The Morgan fingerprint density at radius 3 is 2.42 bits per heavy atom. The quantitative estimate of drug-likeness (QED) is 0.349. The Balaban J connectivity index is 2.49. The summed E-state index contributed by atoms with van der Waals surface area (Å²) in [7, 11) is -1.28. The molecule has 0 aromatic heterocycles. The maximum atomic E-state index is 12.3. The maximum Gasteiger partial charge on any atom is 0.408 e. The highest BCUT2D eigenvalue weighted by Gasteiger charge is 2.23. The normalized spacial score (nSPS) is 12.3. The predicted octanol–water partition coefficient (Wildman–Crippen LogP) is 3.29. The summed E-state index contributed by atoms with van der Waals surface area (Å²) < 4.78 is 10.6. The Labute approximate surface area is 157 Å². The van der Waals surface area contributed by atoms with Crippen LogP contribution in [-0.2, 0) is 20.9 Å². The monoisotopic (exact) mass is 380 g/mol. The summed E-state index contributed by atoms with van der Waals surface area (Å²) in [5.74, 6) is -0.406. The van der Waals surface area contributed by atoms with Crippen LogP contribution in [0.1, 0.15) is 24.8 Å². The topological polar surface area (TPSA) is 90.6 Å². The number of ether oxygens (including phenoxy) is 2. The van der Waals surface area contributed by atoms with Crippen LogP contribution >= 0.6 is 0 Å². The SMILES string of the molecule is C[Si](C)(C)CCOC(=O)[C@H](CCCCN)NC(=O)OCc1ccccc1. The van der Waals surface area contributed by atoms with Crippen molar-refractivity contribution >= 4 is 20.1 Å². The first-order chi connectivity index (χ1) is 12.3. The summed E-state index contributed by atoms with van der Waals surface area (Å²) in [5, 5.41) is 2.63. The van der Waals surface area contributed by atoms with Gasteiger partial charge in [-0.25, -0.2) is 9.59 Å².